The van der Waals surface area contributed by atoms with Crippen molar-refractivity contribution in [1.29, 1.82) is 0 Å². The number of fused-ring (bicyclic) bond motifs is 1. The Morgan fingerprint density at radius 3 is 2.68 bits per heavy atom. The fourth-order valence-electron chi connectivity index (χ4n) is 2.21. The average molecular weight is 380 g/mol. The molecule has 0 saturated heterocycles. The van der Waals surface area contributed by atoms with Gasteiger partial charge in [0, 0.05) is 6.26 Å². The smallest absolute Gasteiger partial charge is 0.261 e. The van der Waals surface area contributed by atoms with Crippen LogP contribution >= 0.6 is 11.3 Å². The molecule has 0 bridgehead atoms. The van der Waals surface area contributed by atoms with Gasteiger partial charge in [0.25, 0.3) is 5.91 Å². The summed E-state index contributed by atoms with van der Waals surface area (Å²) in [6.07, 6.45) is 1.12. The van der Waals surface area contributed by atoms with Gasteiger partial charge in [-0.3, -0.25) is 10.1 Å². The minimum Gasteiger partial charge on any atom is -0.496 e. The van der Waals surface area contributed by atoms with E-state index >= 15 is 0 Å². The summed E-state index contributed by atoms with van der Waals surface area (Å²) in [7, 11) is -1.95. The molecule has 0 spiro atoms. The molecule has 6 nitrogen and oxygen atoms in total. The highest BCUT2D eigenvalue weighted by Crippen LogP contribution is 2.29. The molecule has 1 amide bonds. The van der Waals surface area contributed by atoms with Crippen molar-refractivity contribution in [2.45, 2.75) is 4.90 Å². The molecule has 0 atom stereocenters. The highest BCUT2D eigenvalue weighted by Gasteiger charge is 2.16. The largest absolute Gasteiger partial charge is 0.496 e. The van der Waals surface area contributed by atoms with Crippen LogP contribution in [0.4, 0.5) is 9.52 Å². The van der Waals surface area contributed by atoms with E-state index in [0.717, 1.165) is 23.7 Å². The molecule has 2 aromatic carbocycles. The number of anilines is 1. The van der Waals surface area contributed by atoms with Crippen molar-refractivity contribution >= 4 is 42.4 Å². The summed E-state index contributed by atoms with van der Waals surface area (Å²) in [6.45, 7) is 0. The van der Waals surface area contributed by atoms with E-state index in [-0.39, 0.29) is 21.3 Å². The number of hydrogen-bond donors (Lipinski definition) is 1. The van der Waals surface area contributed by atoms with E-state index in [9.17, 15) is 17.6 Å². The number of benzene rings is 2. The molecule has 0 aliphatic carbocycles. The maximum absolute atomic E-state index is 13.4. The minimum atomic E-state index is -3.33. The Morgan fingerprint density at radius 2 is 2.00 bits per heavy atom. The fraction of sp³-hybridized carbons (Fsp3) is 0.125. The summed E-state index contributed by atoms with van der Waals surface area (Å²) >= 11 is 1.13. The number of carbonyl (C=O) groups excluding carboxylic acids is 1. The van der Waals surface area contributed by atoms with Crippen molar-refractivity contribution in [2.75, 3.05) is 18.7 Å². The van der Waals surface area contributed by atoms with Crippen molar-refractivity contribution in [2.24, 2.45) is 0 Å². The third-order valence-electron chi connectivity index (χ3n) is 3.41. The van der Waals surface area contributed by atoms with Gasteiger partial charge in [-0.1, -0.05) is 11.3 Å². The highest BCUT2D eigenvalue weighted by atomic mass is 32.2. The predicted octanol–water partition coefficient (Wildman–Crippen LogP) is 3.10. The highest BCUT2D eigenvalue weighted by molar-refractivity contribution is 7.90. The van der Waals surface area contributed by atoms with Gasteiger partial charge < -0.3 is 4.74 Å². The monoisotopic (exact) mass is 380 g/mol. The number of amides is 1. The molecule has 0 unspecified atom stereocenters. The first-order chi connectivity index (χ1) is 11.8. The number of ether oxygens (including phenoxy) is 1. The Balaban J connectivity index is 1.93. The van der Waals surface area contributed by atoms with Crippen LogP contribution in [0.25, 0.3) is 10.2 Å². The summed E-state index contributed by atoms with van der Waals surface area (Å²) in [4.78, 5) is 16.8. The topological polar surface area (TPSA) is 85.4 Å². The number of hydrogen-bond acceptors (Lipinski definition) is 6. The van der Waals surface area contributed by atoms with E-state index in [1.807, 2.05) is 0 Å². The number of nitrogens with one attached hydrogen (secondary N) is 1. The van der Waals surface area contributed by atoms with E-state index in [2.05, 4.69) is 10.3 Å². The number of carbonyl (C=O) groups is 1. The number of halogens is 1. The summed E-state index contributed by atoms with van der Waals surface area (Å²) < 4.78 is 42.3. The van der Waals surface area contributed by atoms with E-state index in [1.54, 1.807) is 6.07 Å². The van der Waals surface area contributed by atoms with Crippen LogP contribution in [-0.2, 0) is 9.84 Å². The molecule has 0 aliphatic rings. The van der Waals surface area contributed by atoms with Crippen LogP contribution in [0.5, 0.6) is 5.75 Å². The standard InChI is InChI=1S/C16H13FN2O4S2/c1-23-13-6-3-9(17)7-11(13)15(20)19-16-18-12-5-4-10(25(2,21)22)8-14(12)24-16/h3-8H,1-2H3,(H,18,19,20). The molecular weight excluding hydrogens is 367 g/mol. The Bertz CT molecular complexity index is 1080. The van der Waals surface area contributed by atoms with Crippen molar-refractivity contribution in [3.63, 3.8) is 0 Å². The summed E-state index contributed by atoms with van der Waals surface area (Å²) in [5, 5.41) is 2.86. The van der Waals surface area contributed by atoms with Gasteiger partial charge in [0.1, 0.15) is 11.6 Å². The SMILES string of the molecule is COc1ccc(F)cc1C(=O)Nc1nc2ccc(S(C)(=O)=O)cc2s1. The summed E-state index contributed by atoms with van der Waals surface area (Å²) in [6, 6.07) is 8.16. The van der Waals surface area contributed by atoms with Crippen LogP contribution in [0.3, 0.4) is 0 Å². The normalized spacial score (nSPS) is 11.5. The molecule has 130 valence electrons. The van der Waals surface area contributed by atoms with Crippen LogP contribution in [-0.4, -0.2) is 32.7 Å². The van der Waals surface area contributed by atoms with E-state index in [0.29, 0.717) is 10.2 Å². The van der Waals surface area contributed by atoms with Crippen molar-refractivity contribution in [1.82, 2.24) is 4.98 Å². The molecule has 9 heteroatoms. The molecule has 1 aromatic heterocycles. The molecule has 0 saturated carbocycles. The number of sulfone groups is 1. The lowest BCUT2D eigenvalue weighted by Gasteiger charge is -2.07. The predicted molar refractivity (Wildman–Crippen MR) is 93.6 cm³/mol. The van der Waals surface area contributed by atoms with Gasteiger partial charge in [0.2, 0.25) is 0 Å². The Kier molecular flexibility index (Phi) is 4.44. The van der Waals surface area contributed by atoms with Crippen molar-refractivity contribution < 1.29 is 22.3 Å². The van der Waals surface area contributed by atoms with Crippen molar-refractivity contribution in [3.8, 4) is 5.75 Å². The van der Waals surface area contributed by atoms with Crippen LogP contribution in [0, 0.1) is 5.82 Å². The molecule has 25 heavy (non-hydrogen) atoms. The molecule has 1 N–H and O–H groups in total. The second-order valence-corrected chi connectivity index (χ2v) is 8.27. The lowest BCUT2D eigenvalue weighted by Crippen LogP contribution is -2.13. The van der Waals surface area contributed by atoms with Crippen molar-refractivity contribution in [3.05, 3.63) is 47.8 Å². The third-order valence-corrected chi connectivity index (χ3v) is 5.46. The maximum Gasteiger partial charge on any atom is 0.261 e. The second kappa shape index (κ2) is 6.41. The van der Waals surface area contributed by atoms with E-state index in [4.69, 9.17) is 4.74 Å². The molecule has 3 rings (SSSR count). The minimum absolute atomic E-state index is 0.0404. The molecule has 1 heterocycles. The molecule has 3 aromatic rings. The Labute approximate surface area is 147 Å². The summed E-state index contributed by atoms with van der Waals surface area (Å²) in [5.41, 5.74) is 0.595. The first-order valence-corrected chi connectivity index (χ1v) is 9.74. The third kappa shape index (κ3) is 3.62. The molecule has 0 fully saturated rings. The lowest BCUT2D eigenvalue weighted by atomic mass is 10.2. The zero-order valence-corrected chi connectivity index (χ0v) is 14.9. The number of rotatable bonds is 4. The first kappa shape index (κ1) is 17.3. The summed E-state index contributed by atoms with van der Waals surface area (Å²) in [5.74, 6) is -0.897. The lowest BCUT2D eigenvalue weighted by molar-refractivity contribution is 0.102. The molecule has 0 aliphatic heterocycles. The van der Waals surface area contributed by atoms with Gasteiger partial charge in [0.05, 0.1) is 27.8 Å². The Hall–Kier alpha value is -2.52. The zero-order valence-electron chi connectivity index (χ0n) is 13.2. The van der Waals surface area contributed by atoms with Crippen LogP contribution in [0.2, 0.25) is 0 Å². The Morgan fingerprint density at radius 1 is 1.24 bits per heavy atom. The zero-order chi connectivity index (χ0) is 18.2. The second-order valence-electron chi connectivity index (χ2n) is 5.22. The van der Waals surface area contributed by atoms with E-state index in [1.165, 1.54) is 31.4 Å². The molecular formula is C16H13FN2O4S2. The van der Waals surface area contributed by atoms with Crippen LogP contribution in [0.15, 0.2) is 41.3 Å². The fourth-order valence-corrected chi connectivity index (χ4v) is 3.83. The number of aromatic nitrogens is 1. The first-order valence-electron chi connectivity index (χ1n) is 7.03. The quantitative estimate of drug-likeness (QED) is 0.752. The van der Waals surface area contributed by atoms with Gasteiger partial charge in [0.15, 0.2) is 15.0 Å². The van der Waals surface area contributed by atoms with Crippen LogP contribution in [0.1, 0.15) is 10.4 Å². The van der Waals surface area contributed by atoms with Crippen LogP contribution < -0.4 is 10.1 Å². The maximum atomic E-state index is 13.4. The van der Waals surface area contributed by atoms with E-state index < -0.39 is 21.6 Å². The molecule has 0 radical (unpaired) electrons. The average Bonchev–Trinajstić information content (AvgIpc) is 2.95. The van der Waals surface area contributed by atoms with Gasteiger partial charge in [-0.15, -0.1) is 0 Å². The number of methoxy groups -OCH3 is 1. The number of thiazole rings is 1. The van der Waals surface area contributed by atoms with Gasteiger partial charge in [-0.25, -0.2) is 17.8 Å². The van der Waals surface area contributed by atoms with Gasteiger partial charge >= 0.3 is 0 Å². The number of nitrogens with zero attached hydrogens (tertiary/aromatic N) is 1. The van der Waals surface area contributed by atoms with Gasteiger partial charge in [-0.2, -0.15) is 0 Å². The van der Waals surface area contributed by atoms with Gasteiger partial charge in [-0.05, 0) is 36.4 Å².